The van der Waals surface area contributed by atoms with Gasteiger partial charge in [-0.1, -0.05) is 18.2 Å². The molecule has 0 saturated carbocycles. The molecule has 2 aromatic rings. The molecule has 0 spiro atoms. The van der Waals surface area contributed by atoms with Crippen molar-refractivity contribution in [3.63, 3.8) is 0 Å². The SMILES string of the molecule is CNC(=O)c1ccccc1NCC(=O)N1CCC[C@@H]1c1cccs1. The minimum absolute atomic E-state index is 0.0672. The van der Waals surface area contributed by atoms with Crippen molar-refractivity contribution in [3.8, 4) is 0 Å². The molecule has 3 rings (SSSR count). The molecule has 2 amide bonds. The molecule has 1 aliphatic heterocycles. The number of amides is 2. The van der Waals surface area contributed by atoms with Crippen molar-refractivity contribution < 1.29 is 9.59 Å². The lowest BCUT2D eigenvalue weighted by molar-refractivity contribution is -0.130. The molecule has 1 fully saturated rings. The number of benzene rings is 1. The molecule has 0 aliphatic carbocycles. The van der Waals surface area contributed by atoms with Gasteiger partial charge in [0.05, 0.1) is 18.2 Å². The Labute approximate surface area is 145 Å². The van der Waals surface area contributed by atoms with E-state index < -0.39 is 0 Å². The highest BCUT2D eigenvalue weighted by atomic mass is 32.1. The van der Waals surface area contributed by atoms with Crippen LogP contribution >= 0.6 is 11.3 Å². The minimum Gasteiger partial charge on any atom is -0.376 e. The number of carbonyl (C=O) groups excluding carboxylic acids is 2. The first-order valence-corrected chi connectivity index (χ1v) is 8.96. The number of likely N-dealkylation sites (tertiary alicyclic amines) is 1. The standard InChI is InChI=1S/C18H21N3O2S/c1-19-18(23)13-6-2-3-7-14(13)20-12-17(22)21-10-4-8-15(21)16-9-5-11-24-16/h2-3,5-7,9,11,15,20H,4,8,10,12H2,1H3,(H,19,23)/t15-/m1/s1. The summed E-state index contributed by atoms with van der Waals surface area (Å²) in [7, 11) is 1.60. The normalized spacial score (nSPS) is 16.9. The molecule has 1 atom stereocenters. The molecular formula is C18H21N3O2S. The van der Waals surface area contributed by atoms with Gasteiger partial charge in [0.15, 0.2) is 0 Å². The van der Waals surface area contributed by atoms with Gasteiger partial charge in [-0.15, -0.1) is 11.3 Å². The van der Waals surface area contributed by atoms with Crippen LogP contribution in [0.1, 0.15) is 34.1 Å². The third-order valence-corrected chi connectivity index (χ3v) is 5.25. The lowest BCUT2D eigenvalue weighted by Crippen LogP contribution is -2.35. The number of carbonyl (C=O) groups is 2. The Bertz CT molecular complexity index is 715. The summed E-state index contributed by atoms with van der Waals surface area (Å²) >= 11 is 1.70. The van der Waals surface area contributed by atoms with Crippen LogP contribution in [0.15, 0.2) is 41.8 Å². The van der Waals surface area contributed by atoms with Crippen LogP contribution in [0.5, 0.6) is 0 Å². The molecule has 1 saturated heterocycles. The van der Waals surface area contributed by atoms with Crippen LogP contribution in [-0.2, 0) is 4.79 Å². The van der Waals surface area contributed by atoms with Crippen LogP contribution in [0.3, 0.4) is 0 Å². The van der Waals surface area contributed by atoms with Crippen LogP contribution in [0.4, 0.5) is 5.69 Å². The average Bonchev–Trinajstić information content (AvgIpc) is 3.29. The molecule has 2 heterocycles. The summed E-state index contributed by atoms with van der Waals surface area (Å²) in [5.41, 5.74) is 1.22. The first-order chi connectivity index (χ1) is 11.7. The van der Waals surface area contributed by atoms with E-state index in [1.807, 2.05) is 34.5 Å². The van der Waals surface area contributed by atoms with Crippen molar-refractivity contribution in [1.82, 2.24) is 10.2 Å². The highest BCUT2D eigenvalue weighted by Crippen LogP contribution is 2.34. The number of anilines is 1. The fourth-order valence-corrected chi connectivity index (χ4v) is 3.96. The molecule has 1 aliphatic rings. The number of rotatable bonds is 5. The first kappa shape index (κ1) is 16.5. The maximum atomic E-state index is 12.6. The summed E-state index contributed by atoms with van der Waals surface area (Å²) in [5, 5.41) is 7.79. The summed E-state index contributed by atoms with van der Waals surface area (Å²) in [5.74, 6) is -0.0965. The van der Waals surface area contributed by atoms with Gasteiger partial charge < -0.3 is 15.5 Å². The van der Waals surface area contributed by atoms with Crippen molar-refractivity contribution in [2.24, 2.45) is 0 Å². The van der Waals surface area contributed by atoms with Crippen molar-refractivity contribution in [1.29, 1.82) is 0 Å². The van der Waals surface area contributed by atoms with Gasteiger partial charge >= 0.3 is 0 Å². The molecule has 0 bridgehead atoms. The van der Waals surface area contributed by atoms with Gasteiger partial charge in [0.1, 0.15) is 0 Å². The van der Waals surface area contributed by atoms with E-state index >= 15 is 0 Å². The van der Waals surface area contributed by atoms with Gasteiger partial charge in [0.25, 0.3) is 5.91 Å². The molecule has 5 nitrogen and oxygen atoms in total. The van der Waals surface area contributed by atoms with E-state index in [0.717, 1.165) is 19.4 Å². The van der Waals surface area contributed by atoms with E-state index in [-0.39, 0.29) is 24.4 Å². The third kappa shape index (κ3) is 3.43. The van der Waals surface area contributed by atoms with Crippen molar-refractivity contribution >= 4 is 28.8 Å². The zero-order valence-electron chi connectivity index (χ0n) is 13.6. The van der Waals surface area contributed by atoms with Crippen LogP contribution in [0.2, 0.25) is 0 Å². The number of thiophene rings is 1. The fourth-order valence-electron chi connectivity index (χ4n) is 3.08. The number of hydrogen-bond acceptors (Lipinski definition) is 4. The Balaban J connectivity index is 1.67. The molecule has 0 radical (unpaired) electrons. The molecular weight excluding hydrogens is 322 g/mol. The van der Waals surface area contributed by atoms with Crippen LogP contribution in [-0.4, -0.2) is 36.9 Å². The minimum atomic E-state index is -0.164. The fraction of sp³-hybridized carbons (Fsp3) is 0.333. The summed E-state index contributed by atoms with van der Waals surface area (Å²) in [4.78, 5) is 27.7. The van der Waals surface area contributed by atoms with E-state index in [2.05, 4.69) is 16.7 Å². The zero-order valence-corrected chi connectivity index (χ0v) is 14.4. The largest absolute Gasteiger partial charge is 0.376 e. The quantitative estimate of drug-likeness (QED) is 0.877. The van der Waals surface area contributed by atoms with E-state index in [9.17, 15) is 9.59 Å². The Morgan fingerprint density at radius 2 is 2.08 bits per heavy atom. The summed E-state index contributed by atoms with van der Waals surface area (Å²) in [6.45, 7) is 0.982. The Morgan fingerprint density at radius 1 is 1.25 bits per heavy atom. The monoisotopic (exact) mass is 343 g/mol. The predicted octanol–water partition coefficient (Wildman–Crippen LogP) is 2.88. The second-order valence-electron chi connectivity index (χ2n) is 5.74. The van der Waals surface area contributed by atoms with Crippen LogP contribution in [0, 0.1) is 0 Å². The number of nitrogens with zero attached hydrogens (tertiary/aromatic N) is 1. The zero-order chi connectivity index (χ0) is 16.9. The van der Waals surface area contributed by atoms with E-state index in [1.165, 1.54) is 4.88 Å². The molecule has 6 heteroatoms. The molecule has 0 unspecified atom stereocenters. The molecule has 24 heavy (non-hydrogen) atoms. The lowest BCUT2D eigenvalue weighted by atomic mass is 10.1. The Hall–Kier alpha value is -2.34. The third-order valence-electron chi connectivity index (χ3n) is 4.27. The predicted molar refractivity (Wildman–Crippen MR) is 96.3 cm³/mol. The first-order valence-electron chi connectivity index (χ1n) is 8.08. The number of hydrogen-bond donors (Lipinski definition) is 2. The second-order valence-corrected chi connectivity index (χ2v) is 6.72. The van der Waals surface area contributed by atoms with Gasteiger partial charge in [-0.05, 0) is 36.4 Å². The van der Waals surface area contributed by atoms with Gasteiger partial charge in [-0.25, -0.2) is 0 Å². The number of para-hydroxylation sites is 1. The van der Waals surface area contributed by atoms with Gasteiger partial charge in [0.2, 0.25) is 5.91 Å². The maximum absolute atomic E-state index is 12.6. The molecule has 1 aromatic carbocycles. The molecule has 2 N–H and O–H groups in total. The lowest BCUT2D eigenvalue weighted by Gasteiger charge is -2.24. The topological polar surface area (TPSA) is 61.4 Å². The highest BCUT2D eigenvalue weighted by Gasteiger charge is 2.30. The van der Waals surface area contributed by atoms with Crippen molar-refractivity contribution in [2.75, 3.05) is 25.5 Å². The second kappa shape index (κ2) is 7.49. The Kier molecular flexibility index (Phi) is 5.15. The van der Waals surface area contributed by atoms with Crippen molar-refractivity contribution in [2.45, 2.75) is 18.9 Å². The smallest absolute Gasteiger partial charge is 0.253 e. The van der Waals surface area contributed by atoms with E-state index in [0.29, 0.717) is 11.3 Å². The summed E-state index contributed by atoms with van der Waals surface area (Å²) in [6.07, 6.45) is 2.05. The highest BCUT2D eigenvalue weighted by molar-refractivity contribution is 7.10. The van der Waals surface area contributed by atoms with E-state index in [1.54, 1.807) is 24.5 Å². The van der Waals surface area contributed by atoms with Crippen molar-refractivity contribution in [3.05, 3.63) is 52.2 Å². The van der Waals surface area contributed by atoms with Gasteiger partial charge in [-0.3, -0.25) is 9.59 Å². The van der Waals surface area contributed by atoms with E-state index in [4.69, 9.17) is 0 Å². The molecule has 1 aromatic heterocycles. The molecule has 126 valence electrons. The average molecular weight is 343 g/mol. The number of nitrogens with one attached hydrogen (secondary N) is 2. The van der Waals surface area contributed by atoms with Crippen LogP contribution < -0.4 is 10.6 Å². The maximum Gasteiger partial charge on any atom is 0.253 e. The van der Waals surface area contributed by atoms with Crippen LogP contribution in [0.25, 0.3) is 0 Å². The van der Waals surface area contributed by atoms with Gasteiger partial charge in [0, 0.05) is 24.2 Å². The Morgan fingerprint density at radius 3 is 2.83 bits per heavy atom. The summed E-state index contributed by atoms with van der Waals surface area (Å²) in [6, 6.07) is 11.5. The summed E-state index contributed by atoms with van der Waals surface area (Å²) < 4.78 is 0. The van der Waals surface area contributed by atoms with Gasteiger partial charge in [-0.2, -0.15) is 0 Å².